The van der Waals surface area contributed by atoms with Crippen LogP contribution in [0.25, 0.3) is 0 Å². The molecule has 1 aliphatic rings. The van der Waals surface area contributed by atoms with Crippen molar-refractivity contribution in [3.05, 3.63) is 30.1 Å². The molecule has 1 aliphatic heterocycles. The number of aliphatic hydroxyl groups excluding tert-OH is 1. The summed E-state index contributed by atoms with van der Waals surface area (Å²) in [6.07, 6.45) is 0.440. The first-order valence-electron chi connectivity index (χ1n) is 7.53. The van der Waals surface area contributed by atoms with Crippen LogP contribution in [-0.4, -0.2) is 55.4 Å². The van der Waals surface area contributed by atoms with Crippen LogP contribution in [0.3, 0.4) is 0 Å². The van der Waals surface area contributed by atoms with Gasteiger partial charge in [-0.15, -0.1) is 0 Å². The molecule has 1 aromatic rings. The number of para-hydroxylation sites is 1. The SMILES string of the molecule is CC1CN(C)CCC1NCC(O)COc1ccccc1F. The minimum absolute atomic E-state index is 0.0922. The Morgan fingerprint density at radius 3 is 2.95 bits per heavy atom. The van der Waals surface area contributed by atoms with E-state index in [0.29, 0.717) is 18.5 Å². The van der Waals surface area contributed by atoms with Crippen molar-refractivity contribution in [3.8, 4) is 5.75 Å². The molecule has 3 atom stereocenters. The summed E-state index contributed by atoms with van der Waals surface area (Å²) in [5.74, 6) is 0.342. The molecule has 118 valence electrons. The van der Waals surface area contributed by atoms with E-state index in [1.807, 2.05) is 0 Å². The quantitative estimate of drug-likeness (QED) is 0.835. The van der Waals surface area contributed by atoms with Crippen molar-refractivity contribution < 1.29 is 14.2 Å². The lowest BCUT2D eigenvalue weighted by molar-refractivity contribution is 0.0916. The van der Waals surface area contributed by atoms with Gasteiger partial charge < -0.3 is 20.1 Å². The fourth-order valence-corrected chi connectivity index (χ4v) is 2.75. The molecule has 3 unspecified atom stereocenters. The maximum absolute atomic E-state index is 13.4. The fourth-order valence-electron chi connectivity index (χ4n) is 2.75. The number of halogens is 1. The van der Waals surface area contributed by atoms with Crippen LogP contribution in [0.5, 0.6) is 5.75 Å². The molecule has 5 heteroatoms. The topological polar surface area (TPSA) is 44.7 Å². The van der Waals surface area contributed by atoms with Crippen LogP contribution in [0.15, 0.2) is 24.3 Å². The molecule has 2 rings (SSSR count). The average Bonchev–Trinajstić information content (AvgIpc) is 2.45. The normalized spacial score (nSPS) is 24.8. The number of hydrogen-bond donors (Lipinski definition) is 2. The van der Waals surface area contributed by atoms with Gasteiger partial charge in [0.2, 0.25) is 0 Å². The van der Waals surface area contributed by atoms with Crippen LogP contribution in [0, 0.1) is 11.7 Å². The van der Waals surface area contributed by atoms with E-state index in [0.717, 1.165) is 19.5 Å². The van der Waals surface area contributed by atoms with Gasteiger partial charge in [-0.05, 0) is 38.1 Å². The summed E-state index contributed by atoms with van der Waals surface area (Å²) < 4.78 is 18.7. The predicted octanol–water partition coefficient (Wildman–Crippen LogP) is 1.50. The van der Waals surface area contributed by atoms with Crippen LogP contribution in [0.1, 0.15) is 13.3 Å². The van der Waals surface area contributed by atoms with Gasteiger partial charge in [0.05, 0.1) is 0 Å². The van der Waals surface area contributed by atoms with Crippen molar-refractivity contribution in [1.82, 2.24) is 10.2 Å². The first-order valence-corrected chi connectivity index (χ1v) is 7.53. The van der Waals surface area contributed by atoms with Crippen molar-refractivity contribution in [2.24, 2.45) is 5.92 Å². The number of nitrogens with one attached hydrogen (secondary N) is 1. The number of nitrogens with zero attached hydrogens (tertiary/aromatic N) is 1. The van der Waals surface area contributed by atoms with Gasteiger partial charge in [-0.25, -0.2) is 4.39 Å². The molecule has 1 aromatic carbocycles. The van der Waals surface area contributed by atoms with Gasteiger partial charge in [-0.2, -0.15) is 0 Å². The van der Waals surface area contributed by atoms with E-state index in [-0.39, 0.29) is 12.4 Å². The fraction of sp³-hybridized carbons (Fsp3) is 0.625. The summed E-state index contributed by atoms with van der Waals surface area (Å²) in [6.45, 7) is 4.92. The van der Waals surface area contributed by atoms with E-state index < -0.39 is 11.9 Å². The minimum Gasteiger partial charge on any atom is -0.488 e. The van der Waals surface area contributed by atoms with Crippen LogP contribution in [0.2, 0.25) is 0 Å². The lowest BCUT2D eigenvalue weighted by Crippen LogP contribution is -2.49. The molecule has 2 N–H and O–H groups in total. The van der Waals surface area contributed by atoms with Crippen molar-refractivity contribution in [1.29, 1.82) is 0 Å². The number of ether oxygens (including phenoxy) is 1. The number of likely N-dealkylation sites (tertiary alicyclic amines) is 1. The maximum atomic E-state index is 13.4. The Kier molecular flexibility index (Phi) is 5.96. The van der Waals surface area contributed by atoms with Crippen LogP contribution in [0.4, 0.5) is 4.39 Å². The minimum atomic E-state index is -0.642. The maximum Gasteiger partial charge on any atom is 0.165 e. The number of benzene rings is 1. The Labute approximate surface area is 125 Å². The molecule has 0 spiro atoms. The molecule has 4 nitrogen and oxygen atoms in total. The third kappa shape index (κ3) is 4.95. The molecule has 0 aromatic heterocycles. The Bertz CT molecular complexity index is 444. The van der Waals surface area contributed by atoms with Crippen molar-refractivity contribution in [2.75, 3.05) is 33.3 Å². The molecule has 0 aliphatic carbocycles. The van der Waals surface area contributed by atoms with Gasteiger partial charge in [-0.3, -0.25) is 0 Å². The third-order valence-corrected chi connectivity index (χ3v) is 3.99. The van der Waals surface area contributed by atoms with Gasteiger partial charge in [0, 0.05) is 19.1 Å². The highest BCUT2D eigenvalue weighted by molar-refractivity contribution is 5.23. The van der Waals surface area contributed by atoms with Crippen molar-refractivity contribution in [3.63, 3.8) is 0 Å². The van der Waals surface area contributed by atoms with E-state index >= 15 is 0 Å². The zero-order valence-corrected chi connectivity index (χ0v) is 12.8. The summed E-state index contributed by atoms with van der Waals surface area (Å²) in [7, 11) is 2.13. The summed E-state index contributed by atoms with van der Waals surface area (Å²) >= 11 is 0. The molecular formula is C16H25FN2O2. The first kappa shape index (κ1) is 16.2. The average molecular weight is 296 g/mol. The van der Waals surface area contributed by atoms with E-state index in [4.69, 9.17) is 4.74 Å². The molecule has 0 radical (unpaired) electrons. The summed E-state index contributed by atoms with van der Waals surface area (Å²) in [5.41, 5.74) is 0. The monoisotopic (exact) mass is 296 g/mol. The zero-order valence-electron chi connectivity index (χ0n) is 12.8. The number of rotatable bonds is 6. The third-order valence-electron chi connectivity index (χ3n) is 3.99. The van der Waals surface area contributed by atoms with Gasteiger partial charge in [-0.1, -0.05) is 19.1 Å². The number of aliphatic hydroxyl groups is 1. The lowest BCUT2D eigenvalue weighted by Gasteiger charge is -2.35. The number of piperidine rings is 1. The second kappa shape index (κ2) is 7.73. The molecule has 21 heavy (non-hydrogen) atoms. The van der Waals surface area contributed by atoms with Crippen molar-refractivity contribution >= 4 is 0 Å². The predicted molar refractivity (Wildman–Crippen MR) is 81.0 cm³/mol. The van der Waals surface area contributed by atoms with E-state index in [1.54, 1.807) is 18.2 Å². The summed E-state index contributed by atoms with van der Waals surface area (Å²) in [6, 6.07) is 6.66. The highest BCUT2D eigenvalue weighted by Gasteiger charge is 2.24. The molecule has 0 amide bonds. The smallest absolute Gasteiger partial charge is 0.165 e. The van der Waals surface area contributed by atoms with E-state index in [1.165, 1.54) is 6.07 Å². The highest BCUT2D eigenvalue weighted by atomic mass is 19.1. The second-order valence-electron chi connectivity index (χ2n) is 5.94. The Hall–Kier alpha value is -1.17. The first-order chi connectivity index (χ1) is 10.1. The zero-order chi connectivity index (χ0) is 15.2. The van der Waals surface area contributed by atoms with Crippen molar-refractivity contribution in [2.45, 2.75) is 25.5 Å². The number of hydrogen-bond acceptors (Lipinski definition) is 4. The second-order valence-corrected chi connectivity index (χ2v) is 5.94. The molecule has 1 heterocycles. The molecular weight excluding hydrogens is 271 g/mol. The van der Waals surface area contributed by atoms with Gasteiger partial charge >= 0.3 is 0 Å². The largest absolute Gasteiger partial charge is 0.488 e. The van der Waals surface area contributed by atoms with Gasteiger partial charge in [0.15, 0.2) is 11.6 Å². The Morgan fingerprint density at radius 1 is 1.48 bits per heavy atom. The van der Waals surface area contributed by atoms with Gasteiger partial charge in [0.25, 0.3) is 0 Å². The van der Waals surface area contributed by atoms with Gasteiger partial charge in [0.1, 0.15) is 12.7 Å². The molecule has 1 fully saturated rings. The Balaban J connectivity index is 1.70. The lowest BCUT2D eigenvalue weighted by atomic mass is 9.94. The molecule has 0 bridgehead atoms. The standard InChI is InChI=1S/C16H25FN2O2/c1-12-10-19(2)8-7-15(12)18-9-13(20)11-21-16-6-4-3-5-14(16)17/h3-6,12-13,15,18,20H,7-11H2,1-2H3. The summed E-state index contributed by atoms with van der Waals surface area (Å²) in [4.78, 5) is 2.32. The molecule has 1 saturated heterocycles. The van der Waals surface area contributed by atoms with E-state index in [9.17, 15) is 9.50 Å². The Morgan fingerprint density at radius 2 is 2.24 bits per heavy atom. The highest BCUT2D eigenvalue weighted by Crippen LogP contribution is 2.16. The summed E-state index contributed by atoms with van der Waals surface area (Å²) in [5, 5.41) is 13.3. The van der Waals surface area contributed by atoms with Crippen LogP contribution in [-0.2, 0) is 0 Å². The van der Waals surface area contributed by atoms with E-state index in [2.05, 4.69) is 24.2 Å². The van der Waals surface area contributed by atoms with Crippen LogP contribution >= 0.6 is 0 Å². The molecule has 0 saturated carbocycles. The van der Waals surface area contributed by atoms with Crippen LogP contribution < -0.4 is 10.1 Å².